The van der Waals surface area contributed by atoms with Crippen molar-refractivity contribution in [3.05, 3.63) is 0 Å². The standard InChI is InChI=1S/C11H21NO3/c1-4-11(2,3)9-15-10(13)12-5-7-14-8-6-12/h4-9H2,1-3H3. The van der Waals surface area contributed by atoms with E-state index < -0.39 is 0 Å². The molecule has 0 saturated carbocycles. The largest absolute Gasteiger partial charge is 0.449 e. The van der Waals surface area contributed by atoms with Crippen molar-refractivity contribution in [3.8, 4) is 0 Å². The van der Waals surface area contributed by atoms with Crippen LogP contribution in [0.15, 0.2) is 0 Å². The molecule has 15 heavy (non-hydrogen) atoms. The van der Waals surface area contributed by atoms with E-state index in [0.717, 1.165) is 6.42 Å². The van der Waals surface area contributed by atoms with E-state index in [1.807, 2.05) is 0 Å². The van der Waals surface area contributed by atoms with Gasteiger partial charge < -0.3 is 14.4 Å². The van der Waals surface area contributed by atoms with Gasteiger partial charge in [0.2, 0.25) is 0 Å². The van der Waals surface area contributed by atoms with Gasteiger partial charge in [-0.2, -0.15) is 0 Å². The lowest BCUT2D eigenvalue weighted by molar-refractivity contribution is 0.0159. The second-order valence-corrected chi connectivity index (χ2v) is 4.67. The van der Waals surface area contributed by atoms with Crippen LogP contribution in [-0.4, -0.2) is 43.9 Å². The summed E-state index contributed by atoms with van der Waals surface area (Å²) in [6.45, 7) is 9.30. The Bertz CT molecular complexity index is 210. The molecule has 1 saturated heterocycles. The Kier molecular flexibility index (Phi) is 4.39. The van der Waals surface area contributed by atoms with E-state index in [9.17, 15) is 4.79 Å². The zero-order valence-electron chi connectivity index (χ0n) is 9.91. The maximum Gasteiger partial charge on any atom is 0.409 e. The van der Waals surface area contributed by atoms with Crippen molar-refractivity contribution >= 4 is 6.09 Å². The number of rotatable bonds is 3. The van der Waals surface area contributed by atoms with E-state index in [2.05, 4.69) is 20.8 Å². The first-order valence-corrected chi connectivity index (χ1v) is 5.54. The molecule has 1 rings (SSSR count). The monoisotopic (exact) mass is 215 g/mol. The number of morpholine rings is 1. The van der Waals surface area contributed by atoms with Crippen LogP contribution in [0.2, 0.25) is 0 Å². The summed E-state index contributed by atoms with van der Waals surface area (Å²) in [4.78, 5) is 13.3. The van der Waals surface area contributed by atoms with Gasteiger partial charge in [-0.25, -0.2) is 4.79 Å². The summed E-state index contributed by atoms with van der Waals surface area (Å²) in [5, 5.41) is 0. The fourth-order valence-electron chi connectivity index (χ4n) is 1.20. The molecule has 1 amide bonds. The van der Waals surface area contributed by atoms with Crippen LogP contribution in [0.1, 0.15) is 27.2 Å². The van der Waals surface area contributed by atoms with Crippen LogP contribution < -0.4 is 0 Å². The fourth-order valence-corrected chi connectivity index (χ4v) is 1.20. The number of ether oxygens (including phenoxy) is 2. The molecule has 0 radical (unpaired) electrons. The molecule has 0 aromatic rings. The van der Waals surface area contributed by atoms with E-state index in [1.54, 1.807) is 4.90 Å². The minimum atomic E-state index is -0.208. The Morgan fingerprint density at radius 1 is 1.40 bits per heavy atom. The first kappa shape index (κ1) is 12.3. The average Bonchev–Trinajstić information content (AvgIpc) is 2.27. The Morgan fingerprint density at radius 3 is 2.53 bits per heavy atom. The molecule has 4 heteroatoms. The topological polar surface area (TPSA) is 38.8 Å². The summed E-state index contributed by atoms with van der Waals surface area (Å²) in [5.74, 6) is 0. The van der Waals surface area contributed by atoms with Crippen molar-refractivity contribution in [2.45, 2.75) is 27.2 Å². The number of carbonyl (C=O) groups is 1. The molecule has 0 aromatic heterocycles. The van der Waals surface area contributed by atoms with E-state index in [4.69, 9.17) is 9.47 Å². The number of amides is 1. The molecule has 0 bridgehead atoms. The van der Waals surface area contributed by atoms with Crippen LogP contribution in [0.25, 0.3) is 0 Å². The minimum absolute atomic E-state index is 0.0714. The number of carbonyl (C=O) groups excluding carboxylic acids is 1. The Morgan fingerprint density at radius 2 is 2.00 bits per heavy atom. The van der Waals surface area contributed by atoms with Crippen molar-refractivity contribution < 1.29 is 14.3 Å². The van der Waals surface area contributed by atoms with Crippen LogP contribution >= 0.6 is 0 Å². The maximum absolute atomic E-state index is 11.6. The highest BCUT2D eigenvalue weighted by Crippen LogP contribution is 2.20. The molecule has 1 aliphatic heterocycles. The zero-order chi connectivity index (χ0) is 11.3. The van der Waals surface area contributed by atoms with E-state index in [1.165, 1.54) is 0 Å². The molecule has 1 fully saturated rings. The van der Waals surface area contributed by atoms with Crippen molar-refractivity contribution in [2.75, 3.05) is 32.9 Å². The lowest BCUT2D eigenvalue weighted by atomic mass is 9.92. The third kappa shape index (κ3) is 4.08. The van der Waals surface area contributed by atoms with Gasteiger partial charge in [0, 0.05) is 13.1 Å². The van der Waals surface area contributed by atoms with Crippen molar-refractivity contribution in [1.29, 1.82) is 0 Å². The first-order chi connectivity index (χ1) is 7.05. The summed E-state index contributed by atoms with van der Waals surface area (Å²) in [6.07, 6.45) is 0.795. The first-order valence-electron chi connectivity index (χ1n) is 5.54. The summed E-state index contributed by atoms with van der Waals surface area (Å²) >= 11 is 0. The SMILES string of the molecule is CCC(C)(C)COC(=O)N1CCOCC1. The van der Waals surface area contributed by atoms with Crippen LogP contribution in [-0.2, 0) is 9.47 Å². The van der Waals surface area contributed by atoms with E-state index in [-0.39, 0.29) is 11.5 Å². The molecule has 88 valence electrons. The second-order valence-electron chi connectivity index (χ2n) is 4.67. The Balaban J connectivity index is 2.28. The van der Waals surface area contributed by atoms with Gasteiger partial charge in [0.25, 0.3) is 0 Å². The summed E-state index contributed by atoms with van der Waals surface area (Å²) in [5.41, 5.74) is 0.0714. The van der Waals surface area contributed by atoms with Gasteiger partial charge in [-0.15, -0.1) is 0 Å². The fraction of sp³-hybridized carbons (Fsp3) is 0.909. The van der Waals surface area contributed by atoms with Crippen molar-refractivity contribution in [3.63, 3.8) is 0 Å². The summed E-state index contributed by atoms with van der Waals surface area (Å²) < 4.78 is 10.4. The Hall–Kier alpha value is -0.770. The van der Waals surface area contributed by atoms with Crippen LogP contribution in [0.3, 0.4) is 0 Å². The van der Waals surface area contributed by atoms with Gasteiger partial charge in [-0.1, -0.05) is 20.8 Å². The second kappa shape index (κ2) is 5.35. The molecule has 0 aromatic carbocycles. The van der Waals surface area contributed by atoms with Gasteiger partial charge >= 0.3 is 6.09 Å². The number of hydrogen-bond acceptors (Lipinski definition) is 3. The molecule has 1 aliphatic rings. The minimum Gasteiger partial charge on any atom is -0.449 e. The van der Waals surface area contributed by atoms with Gasteiger partial charge in [-0.05, 0) is 11.8 Å². The smallest absolute Gasteiger partial charge is 0.409 e. The van der Waals surface area contributed by atoms with Crippen LogP contribution in [0.5, 0.6) is 0 Å². The average molecular weight is 215 g/mol. The zero-order valence-corrected chi connectivity index (χ0v) is 9.91. The maximum atomic E-state index is 11.6. The van der Waals surface area contributed by atoms with Crippen LogP contribution in [0.4, 0.5) is 4.79 Å². The quantitative estimate of drug-likeness (QED) is 0.721. The van der Waals surface area contributed by atoms with Crippen molar-refractivity contribution in [1.82, 2.24) is 4.90 Å². The Labute approximate surface area is 91.5 Å². The normalized spacial score (nSPS) is 17.7. The summed E-state index contributed by atoms with van der Waals surface area (Å²) in [6, 6.07) is 0. The third-order valence-corrected chi connectivity index (χ3v) is 2.81. The molecule has 1 heterocycles. The lowest BCUT2D eigenvalue weighted by Gasteiger charge is -2.28. The molecular weight excluding hydrogens is 194 g/mol. The van der Waals surface area contributed by atoms with Crippen LogP contribution in [0, 0.1) is 5.41 Å². The predicted molar refractivity (Wildman–Crippen MR) is 57.8 cm³/mol. The number of hydrogen-bond donors (Lipinski definition) is 0. The number of nitrogens with zero attached hydrogens (tertiary/aromatic N) is 1. The molecule has 0 aliphatic carbocycles. The molecular formula is C11H21NO3. The van der Waals surface area contributed by atoms with Gasteiger partial charge in [0.05, 0.1) is 19.8 Å². The highest BCUT2D eigenvalue weighted by molar-refractivity contribution is 5.67. The lowest BCUT2D eigenvalue weighted by Crippen LogP contribution is -2.41. The predicted octanol–water partition coefficient (Wildman–Crippen LogP) is 1.89. The molecule has 0 N–H and O–H groups in total. The highest BCUT2D eigenvalue weighted by Gasteiger charge is 2.22. The van der Waals surface area contributed by atoms with Gasteiger partial charge in [0.15, 0.2) is 0 Å². The van der Waals surface area contributed by atoms with E-state index >= 15 is 0 Å². The van der Waals surface area contributed by atoms with E-state index in [0.29, 0.717) is 32.9 Å². The molecule has 0 spiro atoms. The van der Waals surface area contributed by atoms with Gasteiger partial charge in [0.1, 0.15) is 0 Å². The third-order valence-electron chi connectivity index (χ3n) is 2.81. The molecule has 4 nitrogen and oxygen atoms in total. The highest BCUT2D eigenvalue weighted by atomic mass is 16.6. The molecule has 0 unspecified atom stereocenters. The summed E-state index contributed by atoms with van der Waals surface area (Å²) in [7, 11) is 0. The van der Waals surface area contributed by atoms with Crippen molar-refractivity contribution in [2.24, 2.45) is 5.41 Å². The molecule has 0 atom stereocenters. The van der Waals surface area contributed by atoms with Gasteiger partial charge in [-0.3, -0.25) is 0 Å².